The molecule has 0 aromatic heterocycles. The molecule has 0 aliphatic carbocycles. The number of rotatable bonds is 5. The number of nitrogens with zero attached hydrogens (tertiary/aromatic N) is 2. The quantitative estimate of drug-likeness (QED) is 0.818. The van der Waals surface area contributed by atoms with Gasteiger partial charge in [0.25, 0.3) is 0 Å². The van der Waals surface area contributed by atoms with Gasteiger partial charge in [-0.3, -0.25) is 4.79 Å². The molecule has 19 heavy (non-hydrogen) atoms. The second-order valence-corrected chi connectivity index (χ2v) is 5.27. The lowest BCUT2D eigenvalue weighted by molar-refractivity contribution is -0.137. The van der Waals surface area contributed by atoms with Gasteiger partial charge >= 0.3 is 12.0 Å². The highest BCUT2D eigenvalue weighted by atomic mass is 16.5. The Bertz CT molecular complexity index is 322. The number of piperidine rings is 1. The fraction of sp³-hybridized carbons (Fsp3) is 0.846. The number of aliphatic carboxylic acids is 1. The van der Waals surface area contributed by atoms with Gasteiger partial charge in [0, 0.05) is 26.2 Å². The van der Waals surface area contributed by atoms with Gasteiger partial charge in [-0.2, -0.15) is 0 Å². The minimum atomic E-state index is -0.998. The molecule has 110 valence electrons. The summed E-state index contributed by atoms with van der Waals surface area (Å²) in [7, 11) is 1.54. The van der Waals surface area contributed by atoms with E-state index in [0.717, 1.165) is 12.8 Å². The average Bonchev–Trinajstić information content (AvgIpc) is 2.36. The predicted molar refractivity (Wildman–Crippen MR) is 71.0 cm³/mol. The third-order valence-corrected chi connectivity index (χ3v) is 3.53. The normalized spacial score (nSPS) is 23.2. The Morgan fingerprint density at radius 1 is 1.37 bits per heavy atom. The summed E-state index contributed by atoms with van der Waals surface area (Å²) in [4.78, 5) is 26.4. The van der Waals surface area contributed by atoms with Crippen molar-refractivity contribution in [3.8, 4) is 0 Å². The van der Waals surface area contributed by atoms with Crippen LogP contribution in [0, 0.1) is 5.92 Å². The molecular weight excluding hydrogens is 248 g/mol. The molecule has 0 aromatic rings. The lowest BCUT2D eigenvalue weighted by Crippen LogP contribution is -2.52. The van der Waals surface area contributed by atoms with E-state index in [1.807, 2.05) is 6.92 Å². The van der Waals surface area contributed by atoms with Crippen molar-refractivity contribution in [3.63, 3.8) is 0 Å². The first-order chi connectivity index (χ1) is 8.95. The number of urea groups is 1. The number of carbonyl (C=O) groups excluding carboxylic acids is 1. The van der Waals surface area contributed by atoms with Gasteiger partial charge in [0.05, 0.1) is 6.61 Å². The van der Waals surface area contributed by atoms with Crippen molar-refractivity contribution < 1.29 is 19.4 Å². The summed E-state index contributed by atoms with van der Waals surface area (Å²) in [5.41, 5.74) is 0. The number of carboxylic acids is 1. The first kappa shape index (κ1) is 15.8. The van der Waals surface area contributed by atoms with Crippen LogP contribution >= 0.6 is 0 Å². The Labute approximate surface area is 114 Å². The number of amides is 2. The highest BCUT2D eigenvalue weighted by Crippen LogP contribution is 2.22. The molecule has 1 aliphatic rings. The van der Waals surface area contributed by atoms with Crippen molar-refractivity contribution in [1.29, 1.82) is 0 Å². The molecule has 0 saturated carbocycles. The second kappa shape index (κ2) is 7.33. The molecule has 1 rings (SSSR count). The standard InChI is InChI=1S/C13H24N2O4/c1-10-4-5-11(2)15(8-10)13(18)14(6-7-19-3)9-12(16)17/h10-11H,4-9H2,1-3H3,(H,16,17). The number of hydrogen-bond donors (Lipinski definition) is 1. The van der Waals surface area contributed by atoms with E-state index >= 15 is 0 Å². The van der Waals surface area contributed by atoms with Crippen LogP contribution < -0.4 is 0 Å². The third-order valence-electron chi connectivity index (χ3n) is 3.53. The molecule has 6 heteroatoms. The van der Waals surface area contributed by atoms with Crippen molar-refractivity contribution in [2.45, 2.75) is 32.7 Å². The molecule has 1 fully saturated rings. The van der Waals surface area contributed by atoms with E-state index in [1.54, 1.807) is 4.90 Å². The van der Waals surface area contributed by atoms with E-state index < -0.39 is 5.97 Å². The minimum Gasteiger partial charge on any atom is -0.480 e. The van der Waals surface area contributed by atoms with Crippen LogP contribution in [0.2, 0.25) is 0 Å². The molecule has 2 unspecified atom stereocenters. The molecule has 0 aromatic carbocycles. The van der Waals surface area contributed by atoms with Crippen LogP contribution in [0.4, 0.5) is 4.79 Å². The monoisotopic (exact) mass is 272 g/mol. The number of methoxy groups -OCH3 is 1. The highest BCUT2D eigenvalue weighted by molar-refractivity contribution is 5.80. The maximum Gasteiger partial charge on any atom is 0.323 e. The van der Waals surface area contributed by atoms with Crippen LogP contribution in [-0.4, -0.2) is 66.3 Å². The molecule has 0 spiro atoms. The van der Waals surface area contributed by atoms with Gasteiger partial charge < -0.3 is 19.6 Å². The van der Waals surface area contributed by atoms with Gasteiger partial charge in [-0.25, -0.2) is 4.79 Å². The van der Waals surface area contributed by atoms with Crippen LogP contribution in [0.5, 0.6) is 0 Å². The highest BCUT2D eigenvalue weighted by Gasteiger charge is 2.30. The molecular formula is C13H24N2O4. The van der Waals surface area contributed by atoms with E-state index in [-0.39, 0.29) is 18.6 Å². The summed E-state index contributed by atoms with van der Waals surface area (Å²) < 4.78 is 4.93. The summed E-state index contributed by atoms with van der Waals surface area (Å²) in [5.74, 6) is -0.531. The number of likely N-dealkylation sites (tertiary alicyclic amines) is 1. The molecule has 2 atom stereocenters. The van der Waals surface area contributed by atoms with Gasteiger partial charge in [0.15, 0.2) is 0 Å². The Morgan fingerprint density at radius 3 is 2.63 bits per heavy atom. The van der Waals surface area contributed by atoms with E-state index in [4.69, 9.17) is 9.84 Å². The zero-order valence-electron chi connectivity index (χ0n) is 12.0. The van der Waals surface area contributed by atoms with Gasteiger partial charge in [0.2, 0.25) is 0 Å². The summed E-state index contributed by atoms with van der Waals surface area (Å²) in [6.45, 7) is 5.20. The first-order valence-electron chi connectivity index (χ1n) is 6.72. The molecule has 1 saturated heterocycles. The molecule has 2 amide bonds. The lowest BCUT2D eigenvalue weighted by Gasteiger charge is -2.39. The topological polar surface area (TPSA) is 70.1 Å². The van der Waals surface area contributed by atoms with Crippen LogP contribution in [0.3, 0.4) is 0 Å². The van der Waals surface area contributed by atoms with Gasteiger partial charge in [-0.1, -0.05) is 6.92 Å². The fourth-order valence-corrected chi connectivity index (χ4v) is 2.34. The van der Waals surface area contributed by atoms with Crippen LogP contribution in [-0.2, 0) is 9.53 Å². The Hall–Kier alpha value is -1.30. The molecule has 1 heterocycles. The van der Waals surface area contributed by atoms with Crippen LogP contribution in [0.1, 0.15) is 26.7 Å². The summed E-state index contributed by atoms with van der Waals surface area (Å²) in [5, 5.41) is 8.90. The van der Waals surface area contributed by atoms with Crippen molar-refractivity contribution in [3.05, 3.63) is 0 Å². The van der Waals surface area contributed by atoms with E-state index in [2.05, 4.69) is 6.92 Å². The van der Waals surface area contributed by atoms with Crippen molar-refractivity contribution >= 4 is 12.0 Å². The SMILES string of the molecule is COCCN(CC(=O)O)C(=O)N1CC(C)CCC1C. The van der Waals surface area contributed by atoms with Crippen LogP contribution in [0.25, 0.3) is 0 Å². The Balaban J connectivity index is 2.70. The summed E-state index contributed by atoms with van der Waals surface area (Å²) in [6.07, 6.45) is 2.08. The first-order valence-corrected chi connectivity index (χ1v) is 6.72. The van der Waals surface area contributed by atoms with E-state index in [0.29, 0.717) is 25.6 Å². The summed E-state index contributed by atoms with van der Waals surface area (Å²) in [6, 6.07) is -0.0268. The Morgan fingerprint density at radius 2 is 2.05 bits per heavy atom. The van der Waals surface area contributed by atoms with Crippen molar-refractivity contribution in [1.82, 2.24) is 9.80 Å². The molecule has 0 radical (unpaired) electrons. The van der Waals surface area contributed by atoms with Crippen molar-refractivity contribution in [2.75, 3.05) is 33.4 Å². The van der Waals surface area contributed by atoms with E-state index in [1.165, 1.54) is 12.0 Å². The van der Waals surface area contributed by atoms with Gasteiger partial charge in [0.1, 0.15) is 6.54 Å². The lowest BCUT2D eigenvalue weighted by atomic mass is 9.95. The summed E-state index contributed by atoms with van der Waals surface area (Å²) >= 11 is 0. The molecule has 0 bridgehead atoms. The maximum absolute atomic E-state index is 12.4. The number of carbonyl (C=O) groups is 2. The molecule has 6 nitrogen and oxygen atoms in total. The maximum atomic E-state index is 12.4. The largest absolute Gasteiger partial charge is 0.480 e. The molecule has 1 aliphatic heterocycles. The number of ether oxygens (including phenoxy) is 1. The zero-order valence-corrected chi connectivity index (χ0v) is 12.0. The predicted octanol–water partition coefficient (Wildman–Crippen LogP) is 1.26. The number of hydrogen-bond acceptors (Lipinski definition) is 3. The van der Waals surface area contributed by atoms with Crippen molar-refractivity contribution in [2.24, 2.45) is 5.92 Å². The van der Waals surface area contributed by atoms with Gasteiger partial charge in [-0.15, -0.1) is 0 Å². The Kier molecular flexibility index (Phi) is 6.08. The fourth-order valence-electron chi connectivity index (χ4n) is 2.34. The number of carboxylic acid groups (broad SMARTS) is 1. The third kappa shape index (κ3) is 4.70. The molecule has 1 N–H and O–H groups in total. The smallest absolute Gasteiger partial charge is 0.323 e. The average molecular weight is 272 g/mol. The zero-order chi connectivity index (χ0) is 14.4. The van der Waals surface area contributed by atoms with E-state index in [9.17, 15) is 9.59 Å². The second-order valence-electron chi connectivity index (χ2n) is 5.27. The minimum absolute atomic E-state index is 0.169. The van der Waals surface area contributed by atoms with Crippen LogP contribution in [0.15, 0.2) is 0 Å². The van der Waals surface area contributed by atoms with Gasteiger partial charge in [-0.05, 0) is 25.7 Å².